The topological polar surface area (TPSA) is 68.9 Å². The zero-order valence-corrected chi connectivity index (χ0v) is 10.5. The number of anilines is 1. The fraction of sp³-hybridized carbons (Fsp3) is 0. The molecule has 0 radical (unpaired) electrons. The van der Waals surface area contributed by atoms with Gasteiger partial charge >= 0.3 is 0 Å². The van der Waals surface area contributed by atoms with E-state index in [-0.39, 0.29) is 5.16 Å². The van der Waals surface area contributed by atoms with Crippen molar-refractivity contribution in [1.82, 2.24) is 9.97 Å². The Morgan fingerprint density at radius 2 is 1.69 bits per heavy atom. The summed E-state index contributed by atoms with van der Waals surface area (Å²) in [5.74, 6) is 0. The van der Waals surface area contributed by atoms with E-state index in [2.05, 4.69) is 25.9 Å². The molecule has 2 aromatic rings. The van der Waals surface area contributed by atoms with E-state index in [4.69, 9.17) is 5.73 Å². The summed E-state index contributed by atoms with van der Waals surface area (Å²) < 4.78 is 12.8. The van der Waals surface area contributed by atoms with Gasteiger partial charge in [0.1, 0.15) is 10.8 Å². The minimum atomic E-state index is -1.36. The van der Waals surface area contributed by atoms with E-state index in [1.807, 2.05) is 0 Å². The second kappa shape index (κ2) is 4.71. The van der Waals surface area contributed by atoms with Crippen LogP contribution in [0, 0.1) is 0 Å². The fourth-order valence-electron chi connectivity index (χ4n) is 1.09. The second-order valence-corrected chi connectivity index (χ2v) is 5.31. The van der Waals surface area contributed by atoms with E-state index in [0.717, 1.165) is 4.47 Å². The lowest BCUT2D eigenvalue weighted by Crippen LogP contribution is -1.99. The number of hydrogen-bond acceptors (Lipinski definition) is 4. The molecule has 0 amide bonds. The maximum Gasteiger partial charge on any atom is 0.223 e. The summed E-state index contributed by atoms with van der Waals surface area (Å²) in [4.78, 5) is 8.61. The average Bonchev–Trinajstić information content (AvgIpc) is 2.30. The molecule has 16 heavy (non-hydrogen) atoms. The molecule has 4 nitrogen and oxygen atoms in total. The quantitative estimate of drug-likeness (QED) is 0.680. The number of nitrogen functional groups attached to an aromatic ring is 1. The van der Waals surface area contributed by atoms with Gasteiger partial charge in [-0.1, -0.05) is 0 Å². The van der Waals surface area contributed by atoms with Crippen molar-refractivity contribution in [3.8, 4) is 0 Å². The molecule has 1 unspecified atom stereocenters. The largest absolute Gasteiger partial charge is 0.399 e. The van der Waals surface area contributed by atoms with Crippen LogP contribution in [0.25, 0.3) is 0 Å². The molecule has 1 atom stereocenters. The molecule has 0 spiro atoms. The van der Waals surface area contributed by atoms with Gasteiger partial charge in [-0.3, -0.25) is 0 Å². The highest BCUT2D eigenvalue weighted by Crippen LogP contribution is 2.15. The van der Waals surface area contributed by atoms with E-state index >= 15 is 0 Å². The summed E-state index contributed by atoms with van der Waals surface area (Å²) in [5, 5.41) is 0.285. The number of nitrogens with two attached hydrogens (primary N) is 1. The number of rotatable bonds is 2. The summed E-state index contributed by atoms with van der Waals surface area (Å²) in [6.45, 7) is 0. The van der Waals surface area contributed by atoms with Gasteiger partial charge in [0.05, 0.1) is 4.47 Å². The third-order valence-corrected chi connectivity index (χ3v) is 3.51. The maximum absolute atomic E-state index is 12.0. The van der Waals surface area contributed by atoms with E-state index in [1.54, 1.807) is 36.7 Å². The monoisotopic (exact) mass is 297 g/mol. The van der Waals surface area contributed by atoms with Crippen LogP contribution < -0.4 is 5.73 Å². The van der Waals surface area contributed by atoms with Crippen molar-refractivity contribution < 1.29 is 4.21 Å². The van der Waals surface area contributed by atoms with Crippen molar-refractivity contribution in [2.75, 3.05) is 5.73 Å². The smallest absolute Gasteiger partial charge is 0.223 e. The van der Waals surface area contributed by atoms with E-state index < -0.39 is 10.8 Å². The lowest BCUT2D eigenvalue weighted by molar-refractivity contribution is 0.675. The molecule has 0 saturated heterocycles. The van der Waals surface area contributed by atoms with Crippen LogP contribution >= 0.6 is 15.9 Å². The van der Waals surface area contributed by atoms with Crippen LogP contribution in [0.4, 0.5) is 5.69 Å². The van der Waals surface area contributed by atoms with Crippen molar-refractivity contribution in [3.63, 3.8) is 0 Å². The molecular weight excluding hydrogens is 290 g/mol. The summed E-state index contributed by atoms with van der Waals surface area (Å²) in [7, 11) is -1.36. The number of halogens is 1. The van der Waals surface area contributed by atoms with Gasteiger partial charge < -0.3 is 5.73 Å². The van der Waals surface area contributed by atoms with Gasteiger partial charge in [-0.15, -0.1) is 0 Å². The highest BCUT2D eigenvalue weighted by atomic mass is 79.9. The van der Waals surface area contributed by atoms with Gasteiger partial charge in [-0.25, -0.2) is 14.2 Å². The Hall–Kier alpha value is -1.27. The molecule has 1 heterocycles. The molecule has 6 heteroatoms. The molecule has 0 aliphatic rings. The fourth-order valence-corrected chi connectivity index (χ4v) is 2.19. The van der Waals surface area contributed by atoms with Crippen molar-refractivity contribution >= 4 is 32.4 Å². The highest BCUT2D eigenvalue weighted by molar-refractivity contribution is 9.10. The first-order valence-electron chi connectivity index (χ1n) is 4.41. The third-order valence-electron chi connectivity index (χ3n) is 1.86. The Bertz CT molecular complexity index is 465. The first kappa shape index (κ1) is 11.2. The van der Waals surface area contributed by atoms with E-state index in [0.29, 0.717) is 10.6 Å². The van der Waals surface area contributed by atoms with Crippen molar-refractivity contribution in [3.05, 3.63) is 41.1 Å². The van der Waals surface area contributed by atoms with Crippen molar-refractivity contribution in [1.29, 1.82) is 0 Å². The van der Waals surface area contributed by atoms with Crippen LogP contribution in [0.3, 0.4) is 0 Å². The van der Waals surface area contributed by atoms with Gasteiger partial charge in [-0.2, -0.15) is 0 Å². The highest BCUT2D eigenvalue weighted by Gasteiger charge is 2.09. The van der Waals surface area contributed by atoms with Crippen molar-refractivity contribution in [2.24, 2.45) is 0 Å². The number of hydrogen-bond donors (Lipinski definition) is 1. The van der Waals surface area contributed by atoms with Gasteiger partial charge in [0, 0.05) is 23.0 Å². The van der Waals surface area contributed by atoms with Gasteiger partial charge in [0.2, 0.25) is 5.16 Å². The lowest BCUT2D eigenvalue weighted by atomic mass is 10.3. The Morgan fingerprint density at radius 3 is 2.25 bits per heavy atom. The average molecular weight is 298 g/mol. The van der Waals surface area contributed by atoms with Crippen LogP contribution in [0.15, 0.2) is 51.2 Å². The number of benzene rings is 1. The number of aromatic nitrogens is 2. The Balaban J connectivity index is 2.32. The maximum atomic E-state index is 12.0. The van der Waals surface area contributed by atoms with Gasteiger partial charge in [0.25, 0.3) is 0 Å². The summed E-state index contributed by atoms with van der Waals surface area (Å²) in [6.07, 6.45) is 3.13. The predicted octanol–water partition coefficient (Wildman–Crippen LogP) is 1.99. The van der Waals surface area contributed by atoms with Crippen LogP contribution in [0.5, 0.6) is 0 Å². The molecule has 0 fully saturated rings. The standard InChI is InChI=1S/C10H8BrN3OS/c11-7-5-13-10(14-6-7)16(15)9-3-1-8(12)2-4-9/h1-6H,12H2. The molecule has 1 aromatic carbocycles. The molecule has 0 aliphatic heterocycles. The second-order valence-electron chi connectivity index (χ2n) is 3.02. The Morgan fingerprint density at radius 1 is 1.12 bits per heavy atom. The molecule has 0 bridgehead atoms. The summed E-state index contributed by atoms with van der Waals surface area (Å²) in [5.41, 5.74) is 6.19. The first-order chi connectivity index (χ1) is 7.66. The normalized spacial score (nSPS) is 12.3. The summed E-state index contributed by atoms with van der Waals surface area (Å²) in [6, 6.07) is 6.81. The minimum absolute atomic E-state index is 0.285. The summed E-state index contributed by atoms with van der Waals surface area (Å²) >= 11 is 3.22. The third kappa shape index (κ3) is 2.45. The Labute approximate surface area is 104 Å². The van der Waals surface area contributed by atoms with Crippen LogP contribution in [0.1, 0.15) is 0 Å². The molecular formula is C10H8BrN3OS. The molecule has 0 aliphatic carbocycles. The molecule has 0 saturated carbocycles. The molecule has 2 N–H and O–H groups in total. The molecule has 1 aromatic heterocycles. The zero-order valence-electron chi connectivity index (χ0n) is 8.13. The predicted molar refractivity (Wildman–Crippen MR) is 65.3 cm³/mol. The van der Waals surface area contributed by atoms with Crippen LogP contribution in [-0.2, 0) is 10.8 Å². The molecule has 82 valence electrons. The number of nitrogens with zero attached hydrogens (tertiary/aromatic N) is 2. The first-order valence-corrected chi connectivity index (χ1v) is 6.36. The van der Waals surface area contributed by atoms with Gasteiger partial charge in [0.15, 0.2) is 0 Å². The van der Waals surface area contributed by atoms with Crippen LogP contribution in [-0.4, -0.2) is 14.2 Å². The minimum Gasteiger partial charge on any atom is -0.399 e. The van der Waals surface area contributed by atoms with Crippen LogP contribution in [0.2, 0.25) is 0 Å². The molecule has 2 rings (SSSR count). The lowest BCUT2D eigenvalue weighted by Gasteiger charge is -2.00. The zero-order chi connectivity index (χ0) is 11.5. The van der Waals surface area contributed by atoms with Crippen molar-refractivity contribution in [2.45, 2.75) is 10.1 Å². The van der Waals surface area contributed by atoms with E-state index in [1.165, 1.54) is 0 Å². The van der Waals surface area contributed by atoms with Gasteiger partial charge in [-0.05, 0) is 40.2 Å². The SMILES string of the molecule is Nc1ccc(S(=O)c2ncc(Br)cn2)cc1. The Kier molecular flexibility index (Phi) is 3.31. The van der Waals surface area contributed by atoms with E-state index in [9.17, 15) is 4.21 Å².